The molecule has 68 heavy (non-hydrogen) atoms. The lowest BCUT2D eigenvalue weighted by atomic mass is 10.1. The SMILES string of the molecule is COc1cc(Nc2nc(Cl)nc(Nc3cccc(S(=O)(=O)CCOS(=O)(=O)O)c3)n2)c(S(=O)(=O)O)cc1NC(=O)C(/N=N/c1cc2c(S(=O)(=O)O)cc(S(=O)(=O)O)cc2cc1S(=O)(=O)O)C(C)=O. The largest absolute Gasteiger partial charge is 0.494 e. The van der Waals surface area contributed by atoms with Crippen molar-refractivity contribution in [2.24, 2.45) is 10.2 Å². The van der Waals surface area contributed by atoms with Crippen molar-refractivity contribution < 1.29 is 91.8 Å². The Morgan fingerprint density at radius 1 is 0.706 bits per heavy atom. The lowest BCUT2D eigenvalue weighted by Crippen LogP contribution is -2.32. The maximum Gasteiger partial charge on any atom is 0.397 e. The number of nitrogens with one attached hydrogen (secondary N) is 3. The predicted molar refractivity (Wildman–Crippen MR) is 231 cm³/mol. The van der Waals surface area contributed by atoms with Crippen LogP contribution in [0.5, 0.6) is 5.75 Å². The number of Topliss-reactive ketones (excluding diaryl/α,β-unsaturated/α-hetero) is 1. The maximum absolute atomic E-state index is 13.5. The van der Waals surface area contributed by atoms with Gasteiger partial charge in [0.1, 0.15) is 26.1 Å². The number of fused-ring (bicyclic) bond motifs is 1. The fraction of sp³-hybridized carbons (Fsp3) is 0.156. The van der Waals surface area contributed by atoms with Crippen LogP contribution in [0.2, 0.25) is 5.28 Å². The number of hydrogen-bond acceptors (Lipinski definition) is 23. The van der Waals surface area contributed by atoms with Crippen LogP contribution in [-0.2, 0) is 74.5 Å². The van der Waals surface area contributed by atoms with Gasteiger partial charge in [-0.05, 0) is 72.4 Å². The van der Waals surface area contributed by atoms with E-state index >= 15 is 0 Å². The van der Waals surface area contributed by atoms with Gasteiger partial charge in [-0.3, -0.25) is 32.4 Å². The molecule has 0 bridgehead atoms. The minimum Gasteiger partial charge on any atom is -0.494 e. The Balaban J connectivity index is 1.48. The number of anilines is 5. The van der Waals surface area contributed by atoms with Gasteiger partial charge in [-0.25, -0.2) is 12.6 Å². The number of amides is 1. The van der Waals surface area contributed by atoms with E-state index in [0.717, 1.165) is 32.2 Å². The van der Waals surface area contributed by atoms with Gasteiger partial charge in [-0.15, -0.1) is 0 Å². The summed E-state index contributed by atoms with van der Waals surface area (Å²) in [5, 5.41) is 12.4. The fourth-order valence-electron chi connectivity index (χ4n) is 5.59. The van der Waals surface area contributed by atoms with E-state index in [9.17, 15) is 78.3 Å². The van der Waals surface area contributed by atoms with Crippen molar-refractivity contribution >= 4 is 129 Å². The molecule has 1 unspecified atom stereocenters. The second-order valence-electron chi connectivity index (χ2n) is 13.2. The quantitative estimate of drug-likeness (QED) is 0.0334. The number of halogens is 1. The van der Waals surface area contributed by atoms with Crippen molar-refractivity contribution in [3.8, 4) is 5.75 Å². The lowest BCUT2D eigenvalue weighted by Gasteiger charge is -2.17. The molecule has 0 aliphatic rings. The number of ketones is 1. The molecule has 0 aliphatic heterocycles. The Hall–Kier alpha value is -5.96. The summed E-state index contributed by atoms with van der Waals surface area (Å²) in [7, 11) is -29.3. The molecule has 1 atom stereocenters. The van der Waals surface area contributed by atoms with Crippen LogP contribution >= 0.6 is 11.6 Å². The van der Waals surface area contributed by atoms with Crippen LogP contribution in [0.3, 0.4) is 0 Å². The topological polar surface area (TPSA) is 458 Å². The van der Waals surface area contributed by atoms with E-state index in [2.05, 4.69) is 45.3 Å². The number of carbonyl (C=O) groups excluding carboxylic acids is 2. The Kier molecular flexibility index (Phi) is 15.3. The van der Waals surface area contributed by atoms with Crippen LogP contribution in [0.15, 0.2) is 95.4 Å². The van der Waals surface area contributed by atoms with E-state index in [4.69, 9.17) is 20.9 Å². The molecule has 4 aromatic carbocycles. The van der Waals surface area contributed by atoms with Crippen LogP contribution in [0, 0.1) is 0 Å². The first-order valence-electron chi connectivity index (χ1n) is 17.5. The van der Waals surface area contributed by atoms with Crippen molar-refractivity contribution in [3.63, 3.8) is 0 Å². The molecule has 5 rings (SSSR count). The van der Waals surface area contributed by atoms with Crippen molar-refractivity contribution in [2.75, 3.05) is 35.4 Å². The van der Waals surface area contributed by atoms with Gasteiger partial charge >= 0.3 is 10.4 Å². The molecule has 1 aromatic heterocycles. The summed E-state index contributed by atoms with van der Waals surface area (Å²) in [5.41, 5.74) is -2.10. The number of carbonyl (C=O) groups is 2. The van der Waals surface area contributed by atoms with Gasteiger partial charge < -0.3 is 20.7 Å². The zero-order valence-electron chi connectivity index (χ0n) is 33.6. The number of aromatic nitrogens is 3. The third-order valence-corrected chi connectivity index (χ3v) is 14.3. The highest BCUT2D eigenvalue weighted by Gasteiger charge is 2.29. The Bertz CT molecular complexity index is 3640. The van der Waals surface area contributed by atoms with E-state index in [1.54, 1.807) is 0 Å². The smallest absolute Gasteiger partial charge is 0.397 e. The summed E-state index contributed by atoms with van der Waals surface area (Å²) in [6, 6.07) is 5.99. The molecule has 0 aliphatic carbocycles. The van der Waals surface area contributed by atoms with E-state index in [0.29, 0.717) is 30.3 Å². The molecule has 0 radical (unpaired) electrons. The Morgan fingerprint density at radius 3 is 1.88 bits per heavy atom. The summed E-state index contributed by atoms with van der Waals surface area (Å²) in [6.45, 7) is -0.120. The van der Waals surface area contributed by atoms with Crippen LogP contribution in [-0.4, -0.2) is 125 Å². The van der Waals surface area contributed by atoms with Crippen LogP contribution < -0.4 is 20.7 Å². The molecular weight excluding hydrogens is 1060 g/mol. The summed E-state index contributed by atoms with van der Waals surface area (Å²) >= 11 is 6.06. The van der Waals surface area contributed by atoms with Gasteiger partial charge in [0.05, 0.1) is 40.6 Å². The number of benzene rings is 4. The molecular formula is C32H29ClN8O21S6. The van der Waals surface area contributed by atoms with E-state index in [-0.39, 0.29) is 16.5 Å². The highest BCUT2D eigenvalue weighted by atomic mass is 35.5. The average Bonchev–Trinajstić information content (AvgIpc) is 3.18. The van der Waals surface area contributed by atoms with Crippen molar-refractivity contribution in [1.29, 1.82) is 0 Å². The number of hydrogen-bond donors (Lipinski definition) is 8. The molecule has 0 spiro atoms. The van der Waals surface area contributed by atoms with Crippen LogP contribution in [0.25, 0.3) is 10.8 Å². The van der Waals surface area contributed by atoms with Gasteiger partial charge in [0.25, 0.3) is 46.4 Å². The molecule has 0 saturated heterocycles. The number of azo groups is 1. The first kappa shape index (κ1) is 53.0. The molecule has 8 N–H and O–H groups in total. The Labute approximate surface area is 388 Å². The summed E-state index contributed by atoms with van der Waals surface area (Å²) < 4.78 is 202. The minimum absolute atomic E-state index is 0.0121. The number of sulfone groups is 1. The zero-order valence-corrected chi connectivity index (χ0v) is 39.3. The van der Waals surface area contributed by atoms with Gasteiger partial charge in [0.2, 0.25) is 23.2 Å². The zero-order chi connectivity index (χ0) is 50.9. The molecule has 5 aromatic rings. The summed E-state index contributed by atoms with van der Waals surface area (Å²) in [6.07, 6.45) is 0. The van der Waals surface area contributed by atoms with Gasteiger partial charge in [0.15, 0.2) is 15.6 Å². The lowest BCUT2D eigenvalue weighted by molar-refractivity contribution is -0.126. The third-order valence-electron chi connectivity index (χ3n) is 8.46. The van der Waals surface area contributed by atoms with Gasteiger partial charge in [-0.2, -0.15) is 67.3 Å². The van der Waals surface area contributed by atoms with Gasteiger partial charge in [0, 0.05) is 17.1 Å². The summed E-state index contributed by atoms with van der Waals surface area (Å²) in [4.78, 5) is 33.0. The number of nitrogens with zero attached hydrogens (tertiary/aromatic N) is 5. The Morgan fingerprint density at radius 2 is 1.32 bits per heavy atom. The summed E-state index contributed by atoms with van der Waals surface area (Å²) in [5.74, 6) is -4.74. The average molecular weight is 1090 g/mol. The number of ether oxygens (including phenoxy) is 1. The molecule has 36 heteroatoms. The molecule has 0 saturated carbocycles. The highest BCUT2D eigenvalue weighted by Crippen LogP contribution is 2.38. The molecule has 1 amide bonds. The van der Waals surface area contributed by atoms with Crippen LogP contribution in [0.4, 0.5) is 34.6 Å². The van der Waals surface area contributed by atoms with Gasteiger partial charge in [-0.1, -0.05) is 6.07 Å². The minimum atomic E-state index is -5.38. The van der Waals surface area contributed by atoms with E-state index in [1.165, 1.54) is 12.1 Å². The number of rotatable bonds is 19. The standard InChI is InChI=1S/C32H29ClN8O21S6/c1-15(42)28(41-40-23-12-20-16(9-26(23)66(52,53)54)8-19(64(46,47)48)11-25(20)65(49,50)51)29(43)35-21-14-27(67(55,56)57)22(13-24(21)61-2)36-32-38-30(33)37-31(39-32)34-17-4-3-5-18(10-17)63(44,45)7-6-62-68(58,59)60/h3-5,8-14,28H,6-7H2,1-2H3,(H,35,43)(H,46,47,48)(H,49,50,51)(H,52,53,54)(H,55,56,57)(H,58,59,60)(H2,34,36,37,38,39)/b41-40+. The van der Waals surface area contributed by atoms with Crippen LogP contribution in [0.1, 0.15) is 6.92 Å². The maximum atomic E-state index is 13.5. The number of methoxy groups -OCH3 is 1. The van der Waals surface area contributed by atoms with Crippen molar-refractivity contribution in [3.05, 3.63) is 65.9 Å². The second-order valence-corrected chi connectivity index (χ2v) is 22.4. The molecule has 29 nitrogen and oxygen atoms in total. The monoisotopic (exact) mass is 1090 g/mol. The first-order valence-corrected chi connectivity index (χ1v) is 26.7. The molecule has 1 heterocycles. The normalized spacial score (nSPS) is 13.3. The second kappa shape index (κ2) is 19.6. The highest BCUT2D eigenvalue weighted by molar-refractivity contribution is 7.91. The molecule has 0 fully saturated rings. The molecule has 366 valence electrons. The fourth-order valence-corrected chi connectivity index (χ4v) is 9.92. The van der Waals surface area contributed by atoms with Crippen molar-refractivity contribution in [2.45, 2.75) is 37.4 Å². The van der Waals surface area contributed by atoms with E-state index in [1.807, 2.05) is 0 Å². The van der Waals surface area contributed by atoms with E-state index < -0.39 is 155 Å². The van der Waals surface area contributed by atoms with Crippen molar-refractivity contribution in [1.82, 2.24) is 15.0 Å². The first-order chi connectivity index (χ1) is 31.2. The predicted octanol–water partition coefficient (Wildman–Crippen LogP) is 2.43. The third kappa shape index (κ3) is 13.4.